The molecule has 84 valence electrons. The molecule has 2 aromatic heterocycles. The first-order chi connectivity index (χ1) is 7.83. The molecule has 0 aliphatic rings. The van der Waals surface area contributed by atoms with Gasteiger partial charge in [-0.1, -0.05) is 6.92 Å². The van der Waals surface area contributed by atoms with Crippen molar-refractivity contribution >= 4 is 0 Å². The van der Waals surface area contributed by atoms with Crippen molar-refractivity contribution in [2.75, 3.05) is 0 Å². The van der Waals surface area contributed by atoms with E-state index in [1.807, 2.05) is 6.20 Å². The number of hydrogen-bond donors (Lipinski definition) is 1. The molecule has 0 saturated heterocycles. The molecule has 16 heavy (non-hydrogen) atoms. The highest BCUT2D eigenvalue weighted by molar-refractivity contribution is 5.18. The molecule has 2 rings (SSSR count). The van der Waals surface area contributed by atoms with Crippen LogP contribution in [0.2, 0.25) is 0 Å². The van der Waals surface area contributed by atoms with Crippen LogP contribution in [0.15, 0.2) is 31.1 Å². The van der Waals surface area contributed by atoms with E-state index in [4.69, 9.17) is 5.73 Å². The normalized spacial score (nSPS) is 12.6. The molecule has 0 spiro atoms. The number of nitrogens with two attached hydrogens (primary N) is 1. The summed E-state index contributed by atoms with van der Waals surface area (Å²) in [6, 6.07) is -0.261. The Morgan fingerprint density at radius 1 is 1.38 bits per heavy atom. The first kappa shape index (κ1) is 10.8. The standard InChI is InChI=1S/C11H15N5/c1-2-4-16-5-3-15-11(16)10(12)9-6-13-8-14-7-9/h3,5-8,10H,2,4,12H2,1H3. The Kier molecular flexibility index (Phi) is 3.26. The van der Waals surface area contributed by atoms with Crippen LogP contribution in [0.3, 0.4) is 0 Å². The molecule has 5 heteroatoms. The highest BCUT2D eigenvalue weighted by atomic mass is 15.1. The van der Waals surface area contributed by atoms with Crippen LogP contribution in [-0.4, -0.2) is 19.5 Å². The number of aryl methyl sites for hydroxylation is 1. The van der Waals surface area contributed by atoms with E-state index >= 15 is 0 Å². The second kappa shape index (κ2) is 4.85. The molecule has 0 bridgehead atoms. The van der Waals surface area contributed by atoms with Gasteiger partial charge in [-0.2, -0.15) is 0 Å². The van der Waals surface area contributed by atoms with Gasteiger partial charge >= 0.3 is 0 Å². The predicted octanol–water partition coefficient (Wildman–Crippen LogP) is 1.13. The van der Waals surface area contributed by atoms with Gasteiger partial charge in [-0.15, -0.1) is 0 Å². The SMILES string of the molecule is CCCn1ccnc1C(N)c1cncnc1. The fourth-order valence-electron chi connectivity index (χ4n) is 1.65. The highest BCUT2D eigenvalue weighted by Gasteiger charge is 2.14. The van der Waals surface area contributed by atoms with Crippen molar-refractivity contribution in [1.29, 1.82) is 0 Å². The molecule has 2 heterocycles. The Labute approximate surface area is 94.4 Å². The second-order valence-electron chi connectivity index (χ2n) is 3.63. The zero-order chi connectivity index (χ0) is 11.4. The third kappa shape index (κ3) is 2.09. The molecule has 0 aromatic carbocycles. The Bertz CT molecular complexity index is 437. The summed E-state index contributed by atoms with van der Waals surface area (Å²) in [6.07, 6.45) is 9.72. The van der Waals surface area contributed by atoms with Crippen LogP contribution < -0.4 is 5.73 Å². The Morgan fingerprint density at radius 2 is 2.12 bits per heavy atom. The van der Waals surface area contributed by atoms with Crippen LogP contribution in [0.25, 0.3) is 0 Å². The van der Waals surface area contributed by atoms with E-state index in [9.17, 15) is 0 Å². The van der Waals surface area contributed by atoms with Crippen molar-refractivity contribution in [2.24, 2.45) is 5.73 Å². The predicted molar refractivity (Wildman–Crippen MR) is 60.6 cm³/mol. The number of hydrogen-bond acceptors (Lipinski definition) is 4. The van der Waals surface area contributed by atoms with Gasteiger partial charge in [0.05, 0.1) is 6.04 Å². The fraction of sp³-hybridized carbons (Fsp3) is 0.364. The zero-order valence-electron chi connectivity index (χ0n) is 9.24. The molecule has 2 N–H and O–H groups in total. The average molecular weight is 217 g/mol. The summed E-state index contributed by atoms with van der Waals surface area (Å²) in [5.74, 6) is 0.858. The third-order valence-electron chi connectivity index (χ3n) is 2.43. The summed E-state index contributed by atoms with van der Waals surface area (Å²) in [6.45, 7) is 3.05. The van der Waals surface area contributed by atoms with Gasteiger partial charge in [0, 0.05) is 36.9 Å². The van der Waals surface area contributed by atoms with Crippen molar-refractivity contribution in [2.45, 2.75) is 25.9 Å². The number of imidazole rings is 1. The zero-order valence-corrected chi connectivity index (χ0v) is 9.24. The van der Waals surface area contributed by atoms with Crippen molar-refractivity contribution < 1.29 is 0 Å². The van der Waals surface area contributed by atoms with Crippen molar-refractivity contribution in [3.8, 4) is 0 Å². The smallest absolute Gasteiger partial charge is 0.130 e. The summed E-state index contributed by atoms with van der Waals surface area (Å²) < 4.78 is 2.07. The minimum atomic E-state index is -0.261. The van der Waals surface area contributed by atoms with E-state index in [0.717, 1.165) is 24.4 Å². The Hall–Kier alpha value is -1.75. The van der Waals surface area contributed by atoms with E-state index < -0.39 is 0 Å². The van der Waals surface area contributed by atoms with Gasteiger partial charge < -0.3 is 10.3 Å². The molecule has 5 nitrogen and oxygen atoms in total. The Balaban J connectivity index is 2.27. The average Bonchev–Trinajstić information content (AvgIpc) is 2.78. The van der Waals surface area contributed by atoms with E-state index in [0.29, 0.717) is 0 Å². The van der Waals surface area contributed by atoms with E-state index in [1.165, 1.54) is 6.33 Å². The molecule has 0 saturated carbocycles. The topological polar surface area (TPSA) is 69.6 Å². The number of rotatable bonds is 4. The van der Waals surface area contributed by atoms with Gasteiger partial charge in [-0.25, -0.2) is 15.0 Å². The lowest BCUT2D eigenvalue weighted by Gasteiger charge is -2.13. The number of nitrogens with zero attached hydrogens (tertiary/aromatic N) is 4. The van der Waals surface area contributed by atoms with Crippen molar-refractivity contribution in [3.63, 3.8) is 0 Å². The van der Waals surface area contributed by atoms with Crippen LogP contribution in [-0.2, 0) is 6.54 Å². The highest BCUT2D eigenvalue weighted by Crippen LogP contribution is 2.16. The molecule has 2 aromatic rings. The molecule has 0 fully saturated rings. The third-order valence-corrected chi connectivity index (χ3v) is 2.43. The molecule has 0 aliphatic carbocycles. The summed E-state index contributed by atoms with van der Waals surface area (Å²) in [5.41, 5.74) is 7.01. The lowest BCUT2D eigenvalue weighted by atomic mass is 10.1. The van der Waals surface area contributed by atoms with Crippen molar-refractivity contribution in [1.82, 2.24) is 19.5 Å². The lowest BCUT2D eigenvalue weighted by Crippen LogP contribution is -2.18. The van der Waals surface area contributed by atoms with Gasteiger partial charge in [-0.3, -0.25) is 0 Å². The minimum absolute atomic E-state index is 0.261. The van der Waals surface area contributed by atoms with Crippen molar-refractivity contribution in [3.05, 3.63) is 42.5 Å². The summed E-state index contributed by atoms with van der Waals surface area (Å²) in [5, 5.41) is 0. The summed E-state index contributed by atoms with van der Waals surface area (Å²) >= 11 is 0. The fourth-order valence-corrected chi connectivity index (χ4v) is 1.65. The van der Waals surface area contributed by atoms with Gasteiger partial charge in [0.1, 0.15) is 12.2 Å². The van der Waals surface area contributed by atoms with Gasteiger partial charge in [0.2, 0.25) is 0 Å². The molecule has 0 aliphatic heterocycles. The quantitative estimate of drug-likeness (QED) is 0.833. The largest absolute Gasteiger partial charge is 0.333 e. The van der Waals surface area contributed by atoms with Gasteiger partial charge in [0.15, 0.2) is 0 Å². The molecular weight excluding hydrogens is 202 g/mol. The first-order valence-electron chi connectivity index (χ1n) is 5.34. The minimum Gasteiger partial charge on any atom is -0.333 e. The monoisotopic (exact) mass is 217 g/mol. The van der Waals surface area contributed by atoms with E-state index in [1.54, 1.807) is 18.6 Å². The maximum Gasteiger partial charge on any atom is 0.130 e. The van der Waals surface area contributed by atoms with E-state index in [-0.39, 0.29) is 6.04 Å². The second-order valence-corrected chi connectivity index (χ2v) is 3.63. The molecule has 1 unspecified atom stereocenters. The summed E-state index contributed by atoms with van der Waals surface area (Å²) in [7, 11) is 0. The molecule has 0 radical (unpaired) electrons. The maximum atomic E-state index is 6.13. The van der Waals surface area contributed by atoms with Crippen LogP contribution in [0.1, 0.15) is 30.8 Å². The van der Waals surface area contributed by atoms with Crippen LogP contribution in [0.5, 0.6) is 0 Å². The lowest BCUT2D eigenvalue weighted by molar-refractivity contribution is 0.611. The maximum absolute atomic E-state index is 6.13. The van der Waals surface area contributed by atoms with E-state index in [2.05, 4.69) is 26.4 Å². The molecule has 0 amide bonds. The Morgan fingerprint density at radius 3 is 2.81 bits per heavy atom. The molecular formula is C11H15N5. The van der Waals surface area contributed by atoms with Crippen LogP contribution >= 0.6 is 0 Å². The van der Waals surface area contributed by atoms with Gasteiger partial charge in [-0.05, 0) is 6.42 Å². The molecule has 1 atom stereocenters. The first-order valence-corrected chi connectivity index (χ1v) is 5.34. The van der Waals surface area contributed by atoms with Gasteiger partial charge in [0.25, 0.3) is 0 Å². The summed E-state index contributed by atoms with van der Waals surface area (Å²) in [4.78, 5) is 12.2. The number of aromatic nitrogens is 4. The van der Waals surface area contributed by atoms with Crippen LogP contribution in [0, 0.1) is 0 Å². The van der Waals surface area contributed by atoms with Crippen LogP contribution in [0.4, 0.5) is 0 Å².